The van der Waals surface area contributed by atoms with Crippen LogP contribution in [0.3, 0.4) is 0 Å². The van der Waals surface area contributed by atoms with Crippen molar-refractivity contribution in [3.63, 3.8) is 0 Å². The molecular formula is C27H22ClF3N4O2. The molecule has 0 spiro atoms. The number of amides is 1. The number of nitrogens with zero attached hydrogens (tertiary/aromatic N) is 3. The number of hydrogen-bond acceptors (Lipinski definition) is 5. The highest BCUT2D eigenvalue weighted by molar-refractivity contribution is 6.31. The average Bonchev–Trinajstić information content (AvgIpc) is 3.37. The predicted octanol–water partition coefficient (Wildman–Crippen LogP) is 6.94. The molecule has 1 aromatic heterocycles. The average molecular weight is 527 g/mol. The maximum atomic E-state index is 13.1. The number of anilines is 1. The third-order valence-electron chi connectivity index (χ3n) is 6.03. The summed E-state index contributed by atoms with van der Waals surface area (Å²) in [6, 6.07) is 15.0. The van der Waals surface area contributed by atoms with Gasteiger partial charge in [0.2, 0.25) is 0 Å². The molecule has 10 heteroatoms. The van der Waals surface area contributed by atoms with Crippen LogP contribution in [0.4, 0.5) is 18.9 Å². The van der Waals surface area contributed by atoms with Crippen molar-refractivity contribution >= 4 is 34.2 Å². The van der Waals surface area contributed by atoms with Crippen molar-refractivity contribution in [1.82, 2.24) is 14.9 Å². The first-order valence-electron chi connectivity index (χ1n) is 11.7. The number of rotatable bonds is 6. The summed E-state index contributed by atoms with van der Waals surface area (Å²) in [5.74, 6) is 0.413. The Morgan fingerprint density at radius 3 is 2.43 bits per heavy atom. The molecule has 0 atom stereocenters. The molecule has 1 amide bonds. The van der Waals surface area contributed by atoms with Crippen LogP contribution >= 0.6 is 11.6 Å². The summed E-state index contributed by atoms with van der Waals surface area (Å²) in [4.78, 5) is 24.1. The van der Waals surface area contributed by atoms with E-state index in [9.17, 15) is 18.0 Å². The predicted molar refractivity (Wildman–Crippen MR) is 135 cm³/mol. The molecule has 190 valence electrons. The van der Waals surface area contributed by atoms with Crippen molar-refractivity contribution in [2.45, 2.75) is 25.6 Å². The fraction of sp³-hybridized carbons (Fsp3) is 0.222. The van der Waals surface area contributed by atoms with Gasteiger partial charge in [-0.2, -0.15) is 13.2 Å². The van der Waals surface area contributed by atoms with Crippen LogP contribution in [0.5, 0.6) is 11.5 Å². The summed E-state index contributed by atoms with van der Waals surface area (Å²) < 4.78 is 45.2. The Morgan fingerprint density at radius 1 is 0.973 bits per heavy atom. The molecule has 3 aromatic carbocycles. The third-order valence-corrected chi connectivity index (χ3v) is 6.36. The van der Waals surface area contributed by atoms with E-state index in [1.807, 2.05) is 18.3 Å². The van der Waals surface area contributed by atoms with Crippen molar-refractivity contribution < 1.29 is 22.7 Å². The number of aromatic nitrogens is 2. The number of alkyl halides is 3. The van der Waals surface area contributed by atoms with Gasteiger partial charge in [0.1, 0.15) is 11.5 Å². The van der Waals surface area contributed by atoms with E-state index in [-0.39, 0.29) is 5.56 Å². The summed E-state index contributed by atoms with van der Waals surface area (Å²) in [6.07, 6.45) is -0.429. The number of ether oxygens (including phenoxy) is 1. The van der Waals surface area contributed by atoms with Gasteiger partial charge >= 0.3 is 6.18 Å². The van der Waals surface area contributed by atoms with E-state index in [0.717, 1.165) is 48.5 Å². The van der Waals surface area contributed by atoms with Crippen LogP contribution in [-0.2, 0) is 12.7 Å². The number of carbonyl (C=O) groups excluding carboxylic acids is 1. The lowest BCUT2D eigenvalue weighted by atomic mass is 10.1. The summed E-state index contributed by atoms with van der Waals surface area (Å²) in [5, 5.41) is 2.12. The van der Waals surface area contributed by atoms with E-state index in [2.05, 4.69) is 15.2 Å². The van der Waals surface area contributed by atoms with Crippen LogP contribution < -0.4 is 10.1 Å². The second-order valence-corrected chi connectivity index (χ2v) is 9.18. The van der Waals surface area contributed by atoms with Gasteiger partial charge < -0.3 is 10.1 Å². The SMILES string of the molecule is O=C(Nc1ccc(Oc2ccc3ncc(CN4CCCC4)nc3c2)cc1)c1ccc(Cl)c(C(F)(F)F)c1. The molecule has 1 N–H and O–H groups in total. The van der Waals surface area contributed by atoms with Crippen LogP contribution in [-0.4, -0.2) is 33.9 Å². The number of nitrogens with one attached hydrogen (secondary N) is 1. The number of likely N-dealkylation sites (tertiary alicyclic amines) is 1. The van der Waals surface area contributed by atoms with Gasteiger partial charge in [0, 0.05) is 23.9 Å². The number of carbonyl (C=O) groups is 1. The van der Waals surface area contributed by atoms with E-state index < -0.39 is 22.7 Å². The monoisotopic (exact) mass is 526 g/mol. The lowest BCUT2D eigenvalue weighted by Gasteiger charge is -2.14. The minimum atomic E-state index is -4.66. The van der Waals surface area contributed by atoms with Crippen molar-refractivity contribution in [2.24, 2.45) is 0 Å². The summed E-state index contributed by atoms with van der Waals surface area (Å²) >= 11 is 5.63. The normalized spacial score (nSPS) is 14.2. The largest absolute Gasteiger partial charge is 0.457 e. The highest BCUT2D eigenvalue weighted by Crippen LogP contribution is 2.35. The fourth-order valence-electron chi connectivity index (χ4n) is 4.17. The maximum absolute atomic E-state index is 13.1. The third kappa shape index (κ3) is 6.00. The van der Waals surface area contributed by atoms with Crippen molar-refractivity contribution in [1.29, 1.82) is 0 Å². The summed E-state index contributed by atoms with van der Waals surface area (Å²) in [7, 11) is 0. The molecule has 1 aliphatic heterocycles. The standard InChI is InChI=1S/C27H22ClF3N4O2/c28-23-9-3-17(13-22(23)27(29,30)31)26(36)34-18-4-6-20(7-5-18)37-21-8-10-24-25(14-21)33-19(15-32-24)16-35-11-1-2-12-35/h3-10,13-15H,1-2,11-12,16H2,(H,34,36). The van der Waals surface area contributed by atoms with Crippen LogP contribution in [0.2, 0.25) is 5.02 Å². The molecule has 1 fully saturated rings. The van der Waals surface area contributed by atoms with Gasteiger partial charge in [0.25, 0.3) is 5.91 Å². The van der Waals surface area contributed by atoms with E-state index in [4.69, 9.17) is 21.3 Å². The highest BCUT2D eigenvalue weighted by atomic mass is 35.5. The molecule has 0 aliphatic carbocycles. The first-order valence-corrected chi connectivity index (χ1v) is 12.1. The molecule has 5 rings (SSSR count). The van der Waals surface area contributed by atoms with Gasteiger partial charge in [-0.05, 0) is 80.5 Å². The lowest BCUT2D eigenvalue weighted by Crippen LogP contribution is -2.19. The minimum absolute atomic E-state index is 0.154. The Hall–Kier alpha value is -3.69. The maximum Gasteiger partial charge on any atom is 0.417 e. The van der Waals surface area contributed by atoms with Gasteiger partial charge in [0.15, 0.2) is 0 Å². The van der Waals surface area contributed by atoms with Crippen LogP contribution in [0.1, 0.15) is 34.5 Å². The van der Waals surface area contributed by atoms with E-state index in [0.29, 0.717) is 17.2 Å². The second kappa shape index (κ2) is 10.4. The van der Waals surface area contributed by atoms with Crippen LogP contribution in [0.25, 0.3) is 11.0 Å². The van der Waals surface area contributed by atoms with Gasteiger partial charge in [-0.15, -0.1) is 0 Å². The van der Waals surface area contributed by atoms with E-state index in [1.54, 1.807) is 30.3 Å². The van der Waals surface area contributed by atoms with Crippen molar-refractivity contribution in [3.8, 4) is 11.5 Å². The lowest BCUT2D eigenvalue weighted by molar-refractivity contribution is -0.137. The summed E-state index contributed by atoms with van der Waals surface area (Å²) in [5.41, 5.74) is 1.60. The number of benzene rings is 3. The van der Waals surface area contributed by atoms with Crippen molar-refractivity contribution in [2.75, 3.05) is 18.4 Å². The first-order chi connectivity index (χ1) is 17.7. The zero-order valence-electron chi connectivity index (χ0n) is 19.6. The number of halogens is 4. The van der Waals surface area contributed by atoms with Gasteiger partial charge in [-0.25, -0.2) is 4.98 Å². The van der Waals surface area contributed by atoms with Gasteiger partial charge in [-0.1, -0.05) is 11.6 Å². The molecular weight excluding hydrogens is 505 g/mol. The Bertz CT molecular complexity index is 1440. The molecule has 1 aliphatic rings. The topological polar surface area (TPSA) is 67.3 Å². The molecule has 2 heterocycles. The smallest absolute Gasteiger partial charge is 0.417 e. The quantitative estimate of drug-likeness (QED) is 0.295. The Labute approximate surface area is 216 Å². The molecule has 1 saturated heterocycles. The highest BCUT2D eigenvalue weighted by Gasteiger charge is 2.33. The number of hydrogen-bond donors (Lipinski definition) is 1. The summed E-state index contributed by atoms with van der Waals surface area (Å²) in [6.45, 7) is 2.93. The first kappa shape index (κ1) is 25.0. The zero-order chi connectivity index (χ0) is 26.0. The molecule has 0 radical (unpaired) electrons. The fourth-order valence-corrected chi connectivity index (χ4v) is 4.39. The molecule has 0 unspecified atom stereocenters. The number of fused-ring (bicyclic) bond motifs is 1. The van der Waals surface area contributed by atoms with Crippen LogP contribution in [0.15, 0.2) is 66.9 Å². The molecule has 0 bridgehead atoms. The Morgan fingerprint density at radius 2 is 1.70 bits per heavy atom. The zero-order valence-corrected chi connectivity index (χ0v) is 20.3. The molecule has 37 heavy (non-hydrogen) atoms. The Kier molecular flexibility index (Phi) is 6.99. The second-order valence-electron chi connectivity index (χ2n) is 8.77. The van der Waals surface area contributed by atoms with E-state index >= 15 is 0 Å². The van der Waals surface area contributed by atoms with Crippen LogP contribution in [0, 0.1) is 0 Å². The minimum Gasteiger partial charge on any atom is -0.457 e. The van der Waals surface area contributed by atoms with Gasteiger partial charge in [-0.3, -0.25) is 14.7 Å². The van der Waals surface area contributed by atoms with Gasteiger partial charge in [0.05, 0.1) is 33.5 Å². The molecule has 4 aromatic rings. The van der Waals surface area contributed by atoms with Crippen molar-refractivity contribution in [3.05, 3.63) is 88.7 Å². The molecule has 0 saturated carbocycles. The Balaban J connectivity index is 1.25. The molecule has 6 nitrogen and oxygen atoms in total. The van der Waals surface area contributed by atoms with E-state index in [1.165, 1.54) is 18.9 Å².